The van der Waals surface area contributed by atoms with Crippen molar-refractivity contribution in [2.24, 2.45) is 0 Å². The van der Waals surface area contributed by atoms with Crippen molar-refractivity contribution in [3.8, 4) is 0 Å². The van der Waals surface area contributed by atoms with Gasteiger partial charge >= 0.3 is 12.0 Å². The Kier molecular flexibility index (Phi) is 3.70. The molecule has 104 valence electrons. The van der Waals surface area contributed by atoms with Crippen molar-refractivity contribution in [1.29, 1.82) is 0 Å². The molecule has 1 aromatic rings. The Morgan fingerprint density at radius 2 is 2.37 bits per heavy atom. The number of aliphatic carboxylic acids is 1. The first-order valence-electron chi connectivity index (χ1n) is 5.96. The van der Waals surface area contributed by atoms with E-state index in [0.29, 0.717) is 5.82 Å². The van der Waals surface area contributed by atoms with Crippen LogP contribution in [0, 0.1) is 0 Å². The molecule has 2 amide bonds. The third kappa shape index (κ3) is 2.84. The Balaban J connectivity index is 2.01. The summed E-state index contributed by atoms with van der Waals surface area (Å²) in [6.07, 6.45) is 2.46. The summed E-state index contributed by atoms with van der Waals surface area (Å²) in [5, 5.41) is 21.1. The van der Waals surface area contributed by atoms with Gasteiger partial charge in [-0.2, -0.15) is 0 Å². The van der Waals surface area contributed by atoms with Gasteiger partial charge in [0.15, 0.2) is 0 Å². The van der Waals surface area contributed by atoms with E-state index in [-0.39, 0.29) is 19.0 Å². The lowest BCUT2D eigenvalue weighted by molar-refractivity contribution is -0.141. The number of aromatic amines is 1. The molecule has 1 aromatic heterocycles. The molecular formula is C11H16N4O4. The lowest BCUT2D eigenvalue weighted by Gasteiger charge is -2.23. The maximum atomic E-state index is 12.0. The van der Waals surface area contributed by atoms with E-state index >= 15 is 0 Å². The van der Waals surface area contributed by atoms with E-state index in [1.807, 2.05) is 0 Å². The molecule has 1 fully saturated rings. The number of urea groups is 1. The highest BCUT2D eigenvalue weighted by atomic mass is 16.4. The van der Waals surface area contributed by atoms with Crippen LogP contribution in [0.15, 0.2) is 12.4 Å². The number of carbonyl (C=O) groups excluding carboxylic acids is 1. The zero-order chi connectivity index (χ0) is 14.0. The van der Waals surface area contributed by atoms with Gasteiger partial charge in [-0.1, -0.05) is 0 Å². The number of carboxylic acid groups (broad SMARTS) is 1. The second-order valence-electron chi connectivity index (χ2n) is 4.54. The van der Waals surface area contributed by atoms with Gasteiger partial charge in [-0.25, -0.2) is 14.6 Å². The van der Waals surface area contributed by atoms with E-state index in [1.54, 1.807) is 19.3 Å². The van der Waals surface area contributed by atoms with Crippen LogP contribution in [0.25, 0.3) is 0 Å². The molecule has 0 radical (unpaired) electrons. The molecule has 2 heterocycles. The number of hydrogen-bond acceptors (Lipinski definition) is 4. The van der Waals surface area contributed by atoms with Gasteiger partial charge in [0.25, 0.3) is 0 Å². The van der Waals surface area contributed by atoms with Crippen LogP contribution in [0.3, 0.4) is 0 Å². The van der Waals surface area contributed by atoms with Gasteiger partial charge in [-0.3, -0.25) is 0 Å². The van der Waals surface area contributed by atoms with Gasteiger partial charge in [0.2, 0.25) is 0 Å². The number of nitrogens with one attached hydrogen (secondary N) is 2. The van der Waals surface area contributed by atoms with Crippen LogP contribution in [0.5, 0.6) is 0 Å². The van der Waals surface area contributed by atoms with E-state index in [0.717, 1.165) is 4.90 Å². The quantitative estimate of drug-likeness (QED) is 0.600. The van der Waals surface area contributed by atoms with Crippen molar-refractivity contribution in [3.05, 3.63) is 18.2 Å². The molecule has 8 nitrogen and oxygen atoms in total. The highest BCUT2D eigenvalue weighted by molar-refractivity contribution is 5.83. The number of aliphatic hydroxyl groups excluding tert-OH is 1. The van der Waals surface area contributed by atoms with E-state index in [4.69, 9.17) is 5.11 Å². The molecule has 1 aliphatic rings. The molecule has 4 N–H and O–H groups in total. The zero-order valence-corrected chi connectivity index (χ0v) is 10.4. The molecular weight excluding hydrogens is 252 g/mol. The van der Waals surface area contributed by atoms with E-state index < -0.39 is 24.1 Å². The SMILES string of the molecule is CC(NC(=O)N1C[C@@H](O)C[C@H]1C(=O)O)c1ncc[nH]1. The monoisotopic (exact) mass is 268 g/mol. The highest BCUT2D eigenvalue weighted by Gasteiger charge is 2.39. The average molecular weight is 268 g/mol. The Labute approximate surface area is 109 Å². The predicted octanol–water partition coefficient (Wildman–Crippen LogP) is -0.300. The fraction of sp³-hybridized carbons (Fsp3) is 0.545. The Hall–Kier alpha value is -2.09. The van der Waals surface area contributed by atoms with Crippen LogP contribution in [-0.2, 0) is 4.79 Å². The van der Waals surface area contributed by atoms with Crippen molar-refractivity contribution in [3.63, 3.8) is 0 Å². The smallest absolute Gasteiger partial charge is 0.326 e. The number of β-amino-alcohol motifs (C(OH)–C–C–N with tert-alkyl or cyclic N) is 1. The molecule has 0 spiro atoms. The highest BCUT2D eigenvalue weighted by Crippen LogP contribution is 2.19. The minimum Gasteiger partial charge on any atom is -0.480 e. The fourth-order valence-electron chi connectivity index (χ4n) is 2.12. The predicted molar refractivity (Wildman–Crippen MR) is 64.3 cm³/mol. The minimum atomic E-state index is -1.11. The average Bonchev–Trinajstić information content (AvgIpc) is 2.96. The molecule has 0 saturated carbocycles. The molecule has 3 atom stereocenters. The van der Waals surface area contributed by atoms with Crippen LogP contribution >= 0.6 is 0 Å². The van der Waals surface area contributed by atoms with Gasteiger partial charge in [-0.05, 0) is 6.92 Å². The molecule has 8 heteroatoms. The number of imidazole rings is 1. The van der Waals surface area contributed by atoms with Gasteiger partial charge in [0.05, 0.1) is 12.1 Å². The van der Waals surface area contributed by atoms with Crippen LogP contribution in [0.4, 0.5) is 4.79 Å². The van der Waals surface area contributed by atoms with Crippen molar-refractivity contribution < 1.29 is 19.8 Å². The summed E-state index contributed by atoms with van der Waals surface area (Å²) >= 11 is 0. The lowest BCUT2D eigenvalue weighted by Crippen LogP contribution is -2.46. The molecule has 0 bridgehead atoms. The number of aliphatic hydroxyl groups is 1. The number of nitrogens with zero attached hydrogens (tertiary/aromatic N) is 2. The first kappa shape index (κ1) is 13.3. The summed E-state index contributed by atoms with van der Waals surface area (Å²) in [6, 6.07) is -1.87. The maximum Gasteiger partial charge on any atom is 0.326 e. The van der Waals surface area contributed by atoms with E-state index in [9.17, 15) is 14.7 Å². The molecule has 0 aromatic carbocycles. The molecule has 0 aliphatic carbocycles. The third-order valence-corrected chi connectivity index (χ3v) is 3.09. The van der Waals surface area contributed by atoms with Crippen LogP contribution in [0.2, 0.25) is 0 Å². The summed E-state index contributed by atoms with van der Waals surface area (Å²) < 4.78 is 0. The Bertz CT molecular complexity index is 461. The maximum absolute atomic E-state index is 12.0. The van der Waals surface area contributed by atoms with Gasteiger partial charge < -0.3 is 25.4 Å². The number of aromatic nitrogens is 2. The number of likely N-dealkylation sites (tertiary alicyclic amines) is 1. The minimum absolute atomic E-state index is 0.0215. The standard InChI is InChI=1S/C11H16N4O4/c1-6(9-12-2-3-13-9)14-11(19)15-5-7(16)4-8(15)10(17)18/h2-3,6-8,16H,4-5H2,1H3,(H,12,13)(H,14,19)(H,17,18)/t6?,7-,8-/m0/s1. The number of carbonyl (C=O) groups is 2. The molecule has 1 unspecified atom stereocenters. The van der Waals surface area contributed by atoms with Gasteiger partial charge in [0.1, 0.15) is 11.9 Å². The normalized spacial score (nSPS) is 24.2. The van der Waals surface area contributed by atoms with Crippen LogP contribution in [0.1, 0.15) is 25.2 Å². The second kappa shape index (κ2) is 5.27. The summed E-state index contributed by atoms with van der Waals surface area (Å²) in [5.41, 5.74) is 0. The molecule has 1 saturated heterocycles. The van der Waals surface area contributed by atoms with Crippen LogP contribution in [-0.4, -0.2) is 55.8 Å². The van der Waals surface area contributed by atoms with Crippen molar-refractivity contribution in [2.45, 2.75) is 31.5 Å². The number of H-pyrrole nitrogens is 1. The second-order valence-corrected chi connectivity index (χ2v) is 4.54. The summed E-state index contributed by atoms with van der Waals surface area (Å²) in [6.45, 7) is 1.76. The number of carboxylic acids is 1. The van der Waals surface area contributed by atoms with Crippen molar-refractivity contribution >= 4 is 12.0 Å². The summed E-state index contributed by atoms with van der Waals surface area (Å²) in [4.78, 5) is 31.0. The van der Waals surface area contributed by atoms with Crippen molar-refractivity contribution in [1.82, 2.24) is 20.2 Å². The summed E-state index contributed by atoms with van der Waals surface area (Å²) in [5.74, 6) is -0.530. The molecule has 19 heavy (non-hydrogen) atoms. The van der Waals surface area contributed by atoms with E-state index in [2.05, 4.69) is 15.3 Å². The number of amides is 2. The topological polar surface area (TPSA) is 119 Å². The van der Waals surface area contributed by atoms with Gasteiger partial charge in [-0.15, -0.1) is 0 Å². The van der Waals surface area contributed by atoms with Gasteiger partial charge in [0, 0.05) is 25.4 Å². The van der Waals surface area contributed by atoms with Crippen molar-refractivity contribution in [2.75, 3.05) is 6.54 Å². The lowest BCUT2D eigenvalue weighted by atomic mass is 10.2. The van der Waals surface area contributed by atoms with Crippen LogP contribution < -0.4 is 5.32 Å². The fourth-order valence-corrected chi connectivity index (χ4v) is 2.12. The molecule has 1 aliphatic heterocycles. The first-order chi connectivity index (χ1) is 8.99. The Morgan fingerprint density at radius 3 is 2.95 bits per heavy atom. The largest absolute Gasteiger partial charge is 0.480 e. The van der Waals surface area contributed by atoms with E-state index in [1.165, 1.54) is 0 Å². The molecule has 2 rings (SSSR count). The first-order valence-corrected chi connectivity index (χ1v) is 5.96. The number of rotatable bonds is 3. The number of hydrogen-bond donors (Lipinski definition) is 4. The summed E-state index contributed by atoms with van der Waals surface area (Å²) in [7, 11) is 0. The third-order valence-electron chi connectivity index (χ3n) is 3.09. The Morgan fingerprint density at radius 1 is 1.63 bits per heavy atom. The zero-order valence-electron chi connectivity index (χ0n) is 10.4.